The quantitative estimate of drug-likeness (QED) is 0.873. The molecule has 4 rings (SSSR count). The van der Waals surface area contributed by atoms with Gasteiger partial charge in [0, 0.05) is 29.9 Å². The van der Waals surface area contributed by atoms with E-state index in [0.717, 1.165) is 12.2 Å². The summed E-state index contributed by atoms with van der Waals surface area (Å²) >= 11 is 0. The summed E-state index contributed by atoms with van der Waals surface area (Å²) < 4.78 is 30.9. The Kier molecular flexibility index (Phi) is 4.36. The van der Waals surface area contributed by atoms with Gasteiger partial charge in [0.2, 0.25) is 0 Å². The van der Waals surface area contributed by atoms with Crippen molar-refractivity contribution in [3.05, 3.63) is 24.3 Å². The first-order valence-corrected chi connectivity index (χ1v) is 9.32. The number of fused-ring (bicyclic) bond motifs is 1. The van der Waals surface area contributed by atoms with Crippen molar-refractivity contribution in [3.8, 4) is 5.75 Å². The third-order valence-corrected chi connectivity index (χ3v) is 6.02. The number of aliphatic hydroxyl groups is 1. The molecule has 0 bridgehead atoms. The molecule has 25 heavy (non-hydrogen) atoms. The van der Waals surface area contributed by atoms with E-state index in [4.69, 9.17) is 5.11 Å². The lowest BCUT2D eigenvalue weighted by molar-refractivity contribution is -0.200. The third-order valence-electron chi connectivity index (χ3n) is 6.02. The number of hydrogen-bond donors (Lipinski definition) is 2. The molecule has 2 N–H and O–H groups in total. The Bertz CT molecular complexity index is 604. The second kappa shape index (κ2) is 6.40. The van der Waals surface area contributed by atoms with Crippen LogP contribution in [-0.2, 0) is 0 Å². The minimum atomic E-state index is -3.54. The van der Waals surface area contributed by atoms with E-state index in [9.17, 15) is 8.78 Å². The summed E-state index contributed by atoms with van der Waals surface area (Å²) in [7, 11) is 0. The lowest BCUT2D eigenvalue weighted by atomic mass is 9.71. The molecule has 2 aliphatic carbocycles. The van der Waals surface area contributed by atoms with E-state index in [1.165, 1.54) is 44.9 Å². The highest BCUT2D eigenvalue weighted by Crippen LogP contribution is 2.42. The molecule has 0 unspecified atom stereocenters. The van der Waals surface area contributed by atoms with E-state index in [0.29, 0.717) is 12.1 Å². The Morgan fingerprint density at radius 2 is 1.88 bits per heavy atom. The normalized spacial score (nSPS) is 28.4. The maximum Gasteiger partial charge on any atom is 0.421 e. The number of ether oxygens (including phenoxy) is 1. The summed E-state index contributed by atoms with van der Waals surface area (Å²) in [4.78, 5) is 2.48. The van der Waals surface area contributed by atoms with Crippen LogP contribution in [0.3, 0.4) is 0 Å². The predicted octanol–water partition coefficient (Wildman–Crippen LogP) is 3.29. The van der Waals surface area contributed by atoms with Gasteiger partial charge < -0.3 is 20.1 Å². The molecule has 0 amide bonds. The number of piperazine rings is 1. The minimum absolute atomic E-state index is 0.0801. The number of alkyl halides is 2. The summed E-state index contributed by atoms with van der Waals surface area (Å²) in [6, 6.07) is 7.89. The Hall–Kier alpha value is -1.40. The van der Waals surface area contributed by atoms with Gasteiger partial charge in [0.15, 0.2) is 0 Å². The zero-order valence-electron chi connectivity index (χ0n) is 14.4. The SMILES string of the molecule is OCC(F)(F)Oc1ccc(N2CC3(CCC3)N[C@H]3CCCC[C@@H]32)cc1. The van der Waals surface area contributed by atoms with Crippen LogP contribution in [0.4, 0.5) is 14.5 Å². The molecule has 2 atom stereocenters. The maximum absolute atomic E-state index is 13.2. The summed E-state index contributed by atoms with van der Waals surface area (Å²) in [6.07, 6.45) is 5.09. The molecule has 1 aliphatic heterocycles. The molecule has 3 aliphatic rings. The molecule has 2 saturated carbocycles. The van der Waals surface area contributed by atoms with Crippen molar-refractivity contribution < 1.29 is 18.6 Å². The van der Waals surface area contributed by atoms with Crippen molar-refractivity contribution in [2.75, 3.05) is 18.1 Å². The van der Waals surface area contributed by atoms with Gasteiger partial charge in [-0.1, -0.05) is 12.8 Å². The summed E-state index contributed by atoms with van der Waals surface area (Å²) in [5.74, 6) is 0.0801. The molecule has 4 nitrogen and oxygen atoms in total. The lowest BCUT2D eigenvalue weighted by Gasteiger charge is -2.58. The number of nitrogens with zero attached hydrogens (tertiary/aromatic N) is 1. The molecular weight excluding hydrogens is 326 g/mol. The molecule has 1 saturated heterocycles. The Balaban J connectivity index is 1.54. The maximum atomic E-state index is 13.2. The number of rotatable bonds is 4. The second-order valence-electron chi connectivity index (χ2n) is 7.76. The Labute approximate surface area is 147 Å². The molecule has 1 spiro atoms. The summed E-state index contributed by atoms with van der Waals surface area (Å²) in [6.45, 7) is -0.333. The van der Waals surface area contributed by atoms with Crippen LogP contribution in [0.15, 0.2) is 24.3 Å². The number of benzene rings is 1. The molecular formula is C19H26F2N2O2. The molecule has 3 fully saturated rings. The van der Waals surface area contributed by atoms with Crippen LogP contribution in [0, 0.1) is 0 Å². The fraction of sp³-hybridized carbons (Fsp3) is 0.684. The van der Waals surface area contributed by atoms with Gasteiger partial charge in [-0.05, 0) is 56.4 Å². The van der Waals surface area contributed by atoms with Gasteiger partial charge >= 0.3 is 6.11 Å². The molecule has 1 aromatic carbocycles. The number of hydrogen-bond acceptors (Lipinski definition) is 4. The van der Waals surface area contributed by atoms with Gasteiger partial charge in [-0.3, -0.25) is 0 Å². The van der Waals surface area contributed by atoms with Crippen LogP contribution in [0.5, 0.6) is 5.75 Å². The van der Waals surface area contributed by atoms with E-state index in [1.54, 1.807) is 12.1 Å². The highest BCUT2D eigenvalue weighted by atomic mass is 19.3. The number of halogens is 2. The van der Waals surface area contributed by atoms with Gasteiger partial charge in [0.05, 0.1) is 0 Å². The lowest BCUT2D eigenvalue weighted by Crippen LogP contribution is -2.72. The van der Waals surface area contributed by atoms with E-state index >= 15 is 0 Å². The van der Waals surface area contributed by atoms with Crippen molar-refractivity contribution >= 4 is 5.69 Å². The second-order valence-corrected chi connectivity index (χ2v) is 7.76. The zero-order valence-corrected chi connectivity index (χ0v) is 14.4. The Morgan fingerprint density at radius 3 is 2.52 bits per heavy atom. The van der Waals surface area contributed by atoms with Crippen LogP contribution in [-0.4, -0.2) is 42.0 Å². The summed E-state index contributed by atoms with van der Waals surface area (Å²) in [5.41, 5.74) is 1.31. The zero-order chi connectivity index (χ0) is 17.5. The standard InChI is InChI=1S/C19H26F2N2O2/c20-19(21,13-24)25-15-8-6-14(7-9-15)23-12-18(10-3-11-18)22-16-4-1-2-5-17(16)23/h6-9,16-17,22,24H,1-5,10-13H2/t16-,17-/m0/s1. The average Bonchev–Trinajstić information content (AvgIpc) is 2.60. The third kappa shape index (κ3) is 3.34. The van der Waals surface area contributed by atoms with Crippen molar-refractivity contribution in [2.45, 2.75) is 68.7 Å². The number of nitrogens with one attached hydrogen (secondary N) is 1. The highest BCUT2D eigenvalue weighted by Gasteiger charge is 2.48. The molecule has 1 aromatic rings. The number of aliphatic hydroxyl groups excluding tert-OH is 1. The van der Waals surface area contributed by atoms with Crippen LogP contribution < -0.4 is 15.0 Å². The van der Waals surface area contributed by atoms with Gasteiger partial charge in [-0.25, -0.2) is 0 Å². The molecule has 0 aromatic heterocycles. The van der Waals surface area contributed by atoms with Crippen molar-refractivity contribution in [1.29, 1.82) is 0 Å². The molecule has 138 valence electrons. The largest absolute Gasteiger partial charge is 0.431 e. The molecule has 0 radical (unpaired) electrons. The predicted molar refractivity (Wildman–Crippen MR) is 92.2 cm³/mol. The van der Waals surface area contributed by atoms with E-state index in [-0.39, 0.29) is 11.3 Å². The van der Waals surface area contributed by atoms with Gasteiger partial charge in [0.1, 0.15) is 12.4 Å². The Morgan fingerprint density at radius 1 is 1.16 bits per heavy atom. The topological polar surface area (TPSA) is 44.7 Å². The average molecular weight is 352 g/mol. The van der Waals surface area contributed by atoms with Crippen LogP contribution in [0.25, 0.3) is 0 Å². The summed E-state index contributed by atoms with van der Waals surface area (Å²) in [5, 5.41) is 12.6. The first kappa shape index (κ1) is 17.0. The minimum Gasteiger partial charge on any atom is -0.431 e. The van der Waals surface area contributed by atoms with Crippen LogP contribution >= 0.6 is 0 Å². The monoisotopic (exact) mass is 352 g/mol. The van der Waals surface area contributed by atoms with Crippen molar-refractivity contribution in [2.24, 2.45) is 0 Å². The van der Waals surface area contributed by atoms with E-state index in [2.05, 4.69) is 15.0 Å². The molecule has 6 heteroatoms. The number of anilines is 1. The van der Waals surface area contributed by atoms with Crippen LogP contribution in [0.1, 0.15) is 44.9 Å². The van der Waals surface area contributed by atoms with Crippen molar-refractivity contribution in [1.82, 2.24) is 5.32 Å². The van der Waals surface area contributed by atoms with Crippen LogP contribution in [0.2, 0.25) is 0 Å². The van der Waals surface area contributed by atoms with Gasteiger partial charge in [-0.2, -0.15) is 8.78 Å². The first-order chi connectivity index (χ1) is 12.0. The smallest absolute Gasteiger partial charge is 0.421 e. The van der Waals surface area contributed by atoms with E-state index < -0.39 is 12.7 Å². The van der Waals surface area contributed by atoms with Crippen molar-refractivity contribution in [3.63, 3.8) is 0 Å². The fourth-order valence-electron chi connectivity index (χ4n) is 4.63. The fourth-order valence-corrected chi connectivity index (χ4v) is 4.63. The first-order valence-electron chi connectivity index (χ1n) is 9.32. The van der Waals surface area contributed by atoms with E-state index in [1.807, 2.05) is 12.1 Å². The van der Waals surface area contributed by atoms with Gasteiger partial charge in [-0.15, -0.1) is 0 Å². The van der Waals surface area contributed by atoms with Gasteiger partial charge in [0.25, 0.3) is 0 Å². The highest BCUT2D eigenvalue weighted by molar-refractivity contribution is 5.52. The molecule has 1 heterocycles.